The molecule has 3 saturated carbocycles. The Labute approximate surface area is 239 Å². The van der Waals surface area contributed by atoms with Crippen LogP contribution in [-0.4, -0.2) is 50.0 Å². The van der Waals surface area contributed by atoms with Crippen molar-refractivity contribution >= 4 is 40.9 Å². The van der Waals surface area contributed by atoms with Crippen molar-refractivity contribution in [3.05, 3.63) is 51.3 Å². The van der Waals surface area contributed by atoms with Crippen molar-refractivity contribution in [3.63, 3.8) is 0 Å². The number of carboxylic acids is 1. The second-order valence-electron chi connectivity index (χ2n) is 11.8. The molecule has 12 heteroatoms. The summed E-state index contributed by atoms with van der Waals surface area (Å²) in [5.74, 6) is -2.46. The van der Waals surface area contributed by atoms with E-state index in [-0.39, 0.29) is 46.7 Å². The van der Waals surface area contributed by atoms with Gasteiger partial charge in [-0.15, -0.1) is 0 Å². The summed E-state index contributed by atoms with van der Waals surface area (Å²) in [4.78, 5) is 40.0. The molecule has 1 N–H and O–H groups in total. The molecule has 0 atom stereocenters. The number of nitrogens with zero attached hydrogens (tertiary/aromatic N) is 3. The summed E-state index contributed by atoms with van der Waals surface area (Å²) in [7, 11) is 0. The van der Waals surface area contributed by atoms with Crippen LogP contribution in [0.5, 0.6) is 0 Å². The van der Waals surface area contributed by atoms with E-state index in [1.807, 2.05) is 0 Å². The van der Waals surface area contributed by atoms with Crippen LogP contribution in [0.15, 0.2) is 24.4 Å². The Morgan fingerprint density at radius 3 is 2.20 bits per heavy atom. The summed E-state index contributed by atoms with van der Waals surface area (Å²) in [6.45, 7) is 1.12. The van der Waals surface area contributed by atoms with E-state index in [9.17, 15) is 32.7 Å². The van der Waals surface area contributed by atoms with Crippen LogP contribution >= 0.6 is 23.2 Å². The van der Waals surface area contributed by atoms with Crippen LogP contribution in [0.4, 0.5) is 13.2 Å². The number of hydrogen-bond donors (Lipinski definition) is 1. The number of aromatic nitrogens is 2. The van der Waals surface area contributed by atoms with Crippen LogP contribution < -0.4 is 0 Å². The van der Waals surface area contributed by atoms with Crippen molar-refractivity contribution in [2.75, 3.05) is 6.54 Å². The van der Waals surface area contributed by atoms with Crippen molar-refractivity contribution in [1.29, 1.82) is 0 Å². The average Bonchev–Trinajstić information content (AvgIpc) is 3.27. The first-order chi connectivity index (χ1) is 18.7. The second kappa shape index (κ2) is 10.4. The third kappa shape index (κ3) is 5.13. The molecule has 3 aliphatic rings. The monoisotopic (exact) mass is 599 g/mol. The number of ketones is 1. The molecule has 2 aromatic rings. The largest absolute Gasteiger partial charge is 0.481 e. The lowest BCUT2D eigenvalue weighted by Crippen LogP contribution is -2.56. The van der Waals surface area contributed by atoms with Gasteiger partial charge in [-0.2, -0.15) is 18.3 Å². The Bertz CT molecular complexity index is 1320. The molecule has 3 aliphatic carbocycles. The van der Waals surface area contributed by atoms with Crippen molar-refractivity contribution in [2.24, 2.45) is 10.8 Å². The maximum Gasteiger partial charge on any atom is 0.433 e. The number of aliphatic carboxylic acids is 1. The smallest absolute Gasteiger partial charge is 0.433 e. The SMILES string of the molecule is CC1(C(=O)O)CCC(n2ncc(C(=O)N(CC(=O)c3c(Cl)cccc3Cl)C3CC4(CCC4)C3)c2C(F)(F)F)CC1. The molecule has 0 aliphatic heterocycles. The number of Topliss-reactive ketones (excluding diaryl/α,β-unsaturated/α-hetero) is 1. The van der Waals surface area contributed by atoms with E-state index in [0.29, 0.717) is 12.8 Å². The minimum Gasteiger partial charge on any atom is -0.481 e. The zero-order valence-corrected chi connectivity index (χ0v) is 23.5. The highest BCUT2D eigenvalue weighted by atomic mass is 35.5. The maximum atomic E-state index is 14.5. The Balaban J connectivity index is 1.46. The number of amides is 1. The number of alkyl halides is 3. The maximum absolute atomic E-state index is 14.5. The minimum atomic E-state index is -4.90. The van der Waals surface area contributed by atoms with Gasteiger partial charge in [-0.1, -0.05) is 35.7 Å². The zero-order chi connectivity index (χ0) is 29.0. The first-order valence-corrected chi connectivity index (χ1v) is 14.2. The summed E-state index contributed by atoms with van der Waals surface area (Å²) < 4.78 is 44.3. The van der Waals surface area contributed by atoms with Crippen LogP contribution in [0.2, 0.25) is 10.0 Å². The number of carbonyl (C=O) groups is 3. The molecule has 1 aromatic carbocycles. The highest BCUT2D eigenvalue weighted by Crippen LogP contribution is 2.57. The third-order valence-electron chi connectivity index (χ3n) is 9.22. The summed E-state index contributed by atoms with van der Waals surface area (Å²) in [6, 6.07) is 3.46. The van der Waals surface area contributed by atoms with E-state index in [4.69, 9.17) is 23.2 Å². The molecule has 7 nitrogen and oxygen atoms in total. The summed E-state index contributed by atoms with van der Waals surface area (Å²) in [5.41, 5.74) is -2.69. The van der Waals surface area contributed by atoms with E-state index in [2.05, 4.69) is 5.10 Å². The van der Waals surface area contributed by atoms with Gasteiger partial charge in [-0.3, -0.25) is 19.1 Å². The first kappa shape index (κ1) is 28.9. The van der Waals surface area contributed by atoms with Gasteiger partial charge in [0.2, 0.25) is 0 Å². The predicted octanol–water partition coefficient (Wildman–Crippen LogP) is 7.07. The molecule has 216 valence electrons. The van der Waals surface area contributed by atoms with E-state index < -0.39 is 59.1 Å². The highest BCUT2D eigenvalue weighted by Gasteiger charge is 2.52. The number of hydrogen-bond acceptors (Lipinski definition) is 4. The Morgan fingerprint density at radius 2 is 1.70 bits per heavy atom. The van der Waals surface area contributed by atoms with E-state index in [0.717, 1.165) is 30.1 Å². The first-order valence-electron chi connectivity index (χ1n) is 13.4. The molecule has 0 saturated heterocycles. The van der Waals surface area contributed by atoms with Gasteiger partial charge in [0.15, 0.2) is 11.5 Å². The van der Waals surface area contributed by atoms with Crippen molar-refractivity contribution < 1.29 is 32.7 Å². The summed E-state index contributed by atoms with van der Waals surface area (Å²) >= 11 is 12.4. The van der Waals surface area contributed by atoms with E-state index in [1.165, 1.54) is 17.0 Å². The molecule has 0 bridgehead atoms. The van der Waals surface area contributed by atoms with Crippen LogP contribution in [0.3, 0.4) is 0 Å². The van der Waals surface area contributed by atoms with Crippen LogP contribution in [0.1, 0.15) is 97.2 Å². The molecule has 0 radical (unpaired) electrons. The van der Waals surface area contributed by atoms with Gasteiger partial charge in [0.05, 0.1) is 45.4 Å². The Morgan fingerprint density at radius 1 is 1.10 bits per heavy atom. The number of benzene rings is 1. The van der Waals surface area contributed by atoms with Crippen LogP contribution in [0.25, 0.3) is 0 Å². The molecule has 1 spiro atoms. The lowest BCUT2D eigenvalue weighted by atomic mass is 9.53. The normalized spacial score (nSPS) is 24.3. The van der Waals surface area contributed by atoms with E-state index in [1.54, 1.807) is 13.0 Å². The van der Waals surface area contributed by atoms with Crippen molar-refractivity contribution in [3.8, 4) is 0 Å². The van der Waals surface area contributed by atoms with Gasteiger partial charge in [-0.25, -0.2) is 0 Å². The minimum absolute atomic E-state index is 0.0248. The lowest BCUT2D eigenvalue weighted by Gasteiger charge is -2.57. The quantitative estimate of drug-likeness (QED) is 0.343. The second-order valence-corrected chi connectivity index (χ2v) is 12.6. The lowest BCUT2D eigenvalue weighted by molar-refractivity contribution is -0.152. The number of carbonyl (C=O) groups excluding carboxylic acids is 2. The summed E-state index contributed by atoms with van der Waals surface area (Å²) in [5, 5.41) is 13.7. The van der Waals surface area contributed by atoms with Crippen molar-refractivity contribution in [2.45, 2.75) is 83.0 Å². The molecular formula is C28H30Cl2F3N3O4. The fraction of sp³-hybridized carbons (Fsp3) is 0.571. The fourth-order valence-electron chi connectivity index (χ4n) is 6.54. The van der Waals surface area contributed by atoms with E-state index >= 15 is 0 Å². The van der Waals surface area contributed by atoms with Gasteiger partial charge < -0.3 is 10.0 Å². The molecule has 40 heavy (non-hydrogen) atoms. The molecule has 1 amide bonds. The standard InChI is InChI=1S/C28H30Cl2F3N3O4/c1-26(25(39)40)10-6-16(7-11-26)36-23(28(31,32)33)18(14-34-36)24(38)35(17-12-27(13-17)8-3-9-27)15-21(37)22-19(29)4-2-5-20(22)30/h2,4-5,14,16-17H,3,6-13,15H2,1H3,(H,39,40). The van der Waals surface area contributed by atoms with Gasteiger partial charge in [0, 0.05) is 6.04 Å². The topological polar surface area (TPSA) is 92.5 Å². The molecule has 5 rings (SSSR count). The van der Waals surface area contributed by atoms with Gasteiger partial charge in [0.1, 0.15) is 0 Å². The Kier molecular flexibility index (Phi) is 7.48. The predicted molar refractivity (Wildman–Crippen MR) is 142 cm³/mol. The van der Waals surface area contributed by atoms with Crippen LogP contribution in [0, 0.1) is 10.8 Å². The van der Waals surface area contributed by atoms with Gasteiger partial charge >= 0.3 is 12.1 Å². The average molecular weight is 600 g/mol. The number of carboxylic acid groups (broad SMARTS) is 1. The zero-order valence-electron chi connectivity index (χ0n) is 21.9. The summed E-state index contributed by atoms with van der Waals surface area (Å²) in [6.07, 6.45) is 1.08. The van der Waals surface area contributed by atoms with Gasteiger partial charge in [0.25, 0.3) is 5.91 Å². The highest BCUT2D eigenvalue weighted by molar-refractivity contribution is 6.40. The Hall–Kier alpha value is -2.59. The van der Waals surface area contributed by atoms with Gasteiger partial charge in [-0.05, 0) is 75.8 Å². The molecule has 0 unspecified atom stereocenters. The third-order valence-corrected chi connectivity index (χ3v) is 9.85. The molecular weight excluding hydrogens is 570 g/mol. The number of halogens is 5. The van der Waals surface area contributed by atoms with Crippen LogP contribution in [-0.2, 0) is 11.0 Å². The molecule has 3 fully saturated rings. The molecule has 1 heterocycles. The fourth-order valence-corrected chi connectivity index (χ4v) is 7.15. The van der Waals surface area contributed by atoms with Crippen molar-refractivity contribution in [1.82, 2.24) is 14.7 Å². The number of rotatable bonds is 7. The molecule has 1 aromatic heterocycles.